The molecule has 1 saturated carbocycles. The second kappa shape index (κ2) is 4.96. The number of aryl methyl sites for hydroxylation is 1. The largest absolute Gasteiger partial charge is 0.496 e. The van der Waals surface area contributed by atoms with Crippen LogP contribution < -0.4 is 15.2 Å². The van der Waals surface area contributed by atoms with Crippen molar-refractivity contribution in [2.75, 3.05) is 14.2 Å². The van der Waals surface area contributed by atoms with Gasteiger partial charge in [-0.3, -0.25) is 0 Å². The Bertz CT molecular complexity index is 374. The molecule has 0 radical (unpaired) electrons. The van der Waals surface area contributed by atoms with Crippen molar-refractivity contribution in [2.24, 2.45) is 11.7 Å². The summed E-state index contributed by atoms with van der Waals surface area (Å²) in [5, 5.41) is 0. The van der Waals surface area contributed by atoms with Gasteiger partial charge in [0.25, 0.3) is 0 Å². The Labute approximate surface area is 103 Å². The summed E-state index contributed by atoms with van der Waals surface area (Å²) in [6, 6.07) is 4.07. The minimum absolute atomic E-state index is 0.0225. The molecule has 0 bridgehead atoms. The molecular formula is C14H21NO2. The van der Waals surface area contributed by atoms with Crippen molar-refractivity contribution >= 4 is 0 Å². The van der Waals surface area contributed by atoms with Gasteiger partial charge in [0.05, 0.1) is 19.8 Å². The fourth-order valence-electron chi connectivity index (χ4n) is 2.43. The maximum Gasteiger partial charge on any atom is 0.127 e. The second-order valence-electron chi connectivity index (χ2n) is 4.80. The lowest BCUT2D eigenvalue weighted by Gasteiger charge is -2.33. The van der Waals surface area contributed by atoms with Crippen LogP contribution in [0.1, 0.15) is 36.4 Å². The van der Waals surface area contributed by atoms with Gasteiger partial charge in [-0.1, -0.05) is 6.42 Å². The van der Waals surface area contributed by atoms with E-state index in [1.54, 1.807) is 14.2 Å². The number of hydrogen-bond donors (Lipinski definition) is 1. The minimum atomic E-state index is 0.0225. The highest BCUT2D eigenvalue weighted by Gasteiger charge is 2.30. The summed E-state index contributed by atoms with van der Waals surface area (Å²) >= 11 is 0. The van der Waals surface area contributed by atoms with Crippen LogP contribution >= 0.6 is 0 Å². The summed E-state index contributed by atoms with van der Waals surface area (Å²) in [5.74, 6) is 2.27. The fourth-order valence-corrected chi connectivity index (χ4v) is 2.43. The van der Waals surface area contributed by atoms with E-state index in [9.17, 15) is 0 Å². The standard InChI is InChI=1S/C14H21NO2/c1-9-7-11(16-2)13(12(8-9)17-3)14(15)10-5-4-6-10/h7-8,10,14H,4-6,15H2,1-3H3/t14-/m1/s1. The number of hydrogen-bond acceptors (Lipinski definition) is 3. The molecule has 0 spiro atoms. The molecule has 1 aromatic carbocycles. The van der Waals surface area contributed by atoms with E-state index in [2.05, 4.69) is 0 Å². The molecule has 1 aromatic rings. The Morgan fingerprint density at radius 2 is 1.71 bits per heavy atom. The van der Waals surface area contributed by atoms with Gasteiger partial charge in [0.1, 0.15) is 11.5 Å². The van der Waals surface area contributed by atoms with Crippen LogP contribution in [-0.2, 0) is 0 Å². The van der Waals surface area contributed by atoms with Gasteiger partial charge in [0.2, 0.25) is 0 Å². The van der Waals surface area contributed by atoms with Crippen molar-refractivity contribution in [2.45, 2.75) is 32.2 Å². The highest BCUT2D eigenvalue weighted by atomic mass is 16.5. The first-order chi connectivity index (χ1) is 8.17. The molecule has 1 aliphatic carbocycles. The number of ether oxygens (including phenoxy) is 2. The number of methoxy groups -OCH3 is 2. The molecule has 1 aliphatic rings. The monoisotopic (exact) mass is 235 g/mol. The lowest BCUT2D eigenvalue weighted by Crippen LogP contribution is -2.27. The van der Waals surface area contributed by atoms with Gasteiger partial charge in [-0.15, -0.1) is 0 Å². The summed E-state index contributed by atoms with van der Waals surface area (Å²) in [6.45, 7) is 2.03. The third kappa shape index (κ3) is 2.25. The summed E-state index contributed by atoms with van der Waals surface area (Å²) in [4.78, 5) is 0. The van der Waals surface area contributed by atoms with E-state index in [1.165, 1.54) is 19.3 Å². The molecule has 94 valence electrons. The molecule has 0 aromatic heterocycles. The van der Waals surface area contributed by atoms with Gasteiger partial charge in [0.15, 0.2) is 0 Å². The third-order valence-corrected chi connectivity index (χ3v) is 3.68. The van der Waals surface area contributed by atoms with Crippen LogP contribution in [0.5, 0.6) is 11.5 Å². The summed E-state index contributed by atoms with van der Waals surface area (Å²) in [7, 11) is 3.37. The van der Waals surface area contributed by atoms with E-state index in [-0.39, 0.29) is 6.04 Å². The fraction of sp³-hybridized carbons (Fsp3) is 0.571. The molecule has 1 fully saturated rings. The number of benzene rings is 1. The Morgan fingerprint density at radius 3 is 2.06 bits per heavy atom. The van der Waals surface area contributed by atoms with E-state index >= 15 is 0 Å². The lowest BCUT2D eigenvalue weighted by molar-refractivity contribution is 0.254. The molecule has 0 amide bonds. The highest BCUT2D eigenvalue weighted by Crippen LogP contribution is 2.43. The summed E-state index contributed by atoms with van der Waals surface area (Å²) < 4.78 is 10.9. The van der Waals surface area contributed by atoms with Crippen LogP contribution in [0.3, 0.4) is 0 Å². The molecule has 0 heterocycles. The van der Waals surface area contributed by atoms with Crippen LogP contribution in [0.4, 0.5) is 0 Å². The van der Waals surface area contributed by atoms with E-state index in [1.807, 2.05) is 19.1 Å². The van der Waals surface area contributed by atoms with Crippen LogP contribution in [0.2, 0.25) is 0 Å². The van der Waals surface area contributed by atoms with Gasteiger partial charge in [-0.2, -0.15) is 0 Å². The Hall–Kier alpha value is -1.22. The average Bonchev–Trinajstić information content (AvgIpc) is 2.24. The minimum Gasteiger partial charge on any atom is -0.496 e. The average molecular weight is 235 g/mol. The molecule has 2 N–H and O–H groups in total. The SMILES string of the molecule is COc1cc(C)cc(OC)c1[C@H](N)C1CCC1. The topological polar surface area (TPSA) is 44.5 Å². The second-order valence-corrected chi connectivity index (χ2v) is 4.80. The normalized spacial score (nSPS) is 17.4. The van der Waals surface area contributed by atoms with Crippen molar-refractivity contribution in [3.05, 3.63) is 23.3 Å². The van der Waals surface area contributed by atoms with E-state index in [0.717, 1.165) is 22.6 Å². The first-order valence-electron chi connectivity index (χ1n) is 6.15. The van der Waals surface area contributed by atoms with Crippen LogP contribution in [0, 0.1) is 12.8 Å². The number of rotatable bonds is 4. The summed E-state index contributed by atoms with van der Waals surface area (Å²) in [6.07, 6.45) is 3.71. The lowest BCUT2D eigenvalue weighted by atomic mass is 9.77. The third-order valence-electron chi connectivity index (χ3n) is 3.68. The first kappa shape index (κ1) is 12.2. The smallest absolute Gasteiger partial charge is 0.127 e. The Kier molecular flexibility index (Phi) is 3.57. The molecule has 3 heteroatoms. The molecular weight excluding hydrogens is 214 g/mol. The van der Waals surface area contributed by atoms with E-state index in [4.69, 9.17) is 15.2 Å². The quantitative estimate of drug-likeness (QED) is 0.872. The molecule has 3 nitrogen and oxygen atoms in total. The van der Waals surface area contributed by atoms with Gasteiger partial charge in [-0.25, -0.2) is 0 Å². The molecule has 0 aliphatic heterocycles. The predicted molar refractivity (Wildman–Crippen MR) is 68.6 cm³/mol. The Morgan fingerprint density at radius 1 is 1.18 bits per heavy atom. The van der Waals surface area contributed by atoms with Crippen molar-refractivity contribution in [3.8, 4) is 11.5 Å². The number of nitrogens with two attached hydrogens (primary N) is 1. The maximum atomic E-state index is 6.34. The van der Waals surface area contributed by atoms with Crippen LogP contribution in [-0.4, -0.2) is 14.2 Å². The van der Waals surface area contributed by atoms with Gasteiger partial charge >= 0.3 is 0 Å². The van der Waals surface area contributed by atoms with Gasteiger partial charge in [-0.05, 0) is 43.4 Å². The molecule has 0 unspecified atom stereocenters. The van der Waals surface area contributed by atoms with Crippen molar-refractivity contribution in [3.63, 3.8) is 0 Å². The molecule has 17 heavy (non-hydrogen) atoms. The maximum absolute atomic E-state index is 6.34. The van der Waals surface area contributed by atoms with Crippen LogP contribution in [0.15, 0.2) is 12.1 Å². The zero-order valence-electron chi connectivity index (χ0n) is 10.8. The zero-order valence-corrected chi connectivity index (χ0v) is 10.8. The van der Waals surface area contributed by atoms with E-state index in [0.29, 0.717) is 5.92 Å². The van der Waals surface area contributed by atoms with Crippen LogP contribution in [0.25, 0.3) is 0 Å². The predicted octanol–water partition coefficient (Wildman–Crippen LogP) is 2.81. The van der Waals surface area contributed by atoms with E-state index < -0.39 is 0 Å². The molecule has 1 atom stereocenters. The van der Waals surface area contributed by atoms with Crippen molar-refractivity contribution in [1.29, 1.82) is 0 Å². The first-order valence-corrected chi connectivity index (χ1v) is 6.15. The Balaban J connectivity index is 2.41. The molecule has 0 saturated heterocycles. The molecule has 2 rings (SSSR count). The van der Waals surface area contributed by atoms with Gasteiger partial charge in [0, 0.05) is 6.04 Å². The van der Waals surface area contributed by atoms with Crippen molar-refractivity contribution < 1.29 is 9.47 Å². The zero-order chi connectivity index (χ0) is 12.4. The van der Waals surface area contributed by atoms with Gasteiger partial charge < -0.3 is 15.2 Å². The summed E-state index contributed by atoms with van der Waals surface area (Å²) in [5.41, 5.74) is 8.49. The van der Waals surface area contributed by atoms with Crippen molar-refractivity contribution in [1.82, 2.24) is 0 Å². The highest BCUT2D eigenvalue weighted by molar-refractivity contribution is 5.50.